The highest BCUT2D eigenvalue weighted by Crippen LogP contribution is 2.22. The summed E-state index contributed by atoms with van der Waals surface area (Å²) >= 11 is 5.70. The van der Waals surface area contributed by atoms with E-state index < -0.39 is 4.92 Å². The van der Waals surface area contributed by atoms with Gasteiger partial charge < -0.3 is 0 Å². The van der Waals surface area contributed by atoms with Gasteiger partial charge in [-0.15, -0.1) is 0 Å². The van der Waals surface area contributed by atoms with Crippen molar-refractivity contribution >= 4 is 23.4 Å². The minimum atomic E-state index is -0.487. The van der Waals surface area contributed by atoms with Crippen molar-refractivity contribution in [3.63, 3.8) is 0 Å². The zero-order valence-electron chi connectivity index (χ0n) is 6.16. The number of benzene rings is 1. The maximum atomic E-state index is 10.3. The van der Waals surface area contributed by atoms with E-state index in [9.17, 15) is 10.1 Å². The lowest BCUT2D eigenvalue weighted by Gasteiger charge is -1.96. The first-order chi connectivity index (χ1) is 5.65. The number of halogens is 1. The van der Waals surface area contributed by atoms with Crippen LogP contribution in [0.4, 0.5) is 5.69 Å². The Labute approximate surface area is 74.4 Å². The van der Waals surface area contributed by atoms with Crippen LogP contribution < -0.4 is 0 Å². The van der Waals surface area contributed by atoms with E-state index in [0.29, 0.717) is 10.6 Å². The van der Waals surface area contributed by atoms with Crippen LogP contribution in [0.3, 0.4) is 0 Å². The maximum absolute atomic E-state index is 10.3. The Bertz CT molecular complexity index is 336. The van der Waals surface area contributed by atoms with Crippen molar-refractivity contribution in [2.75, 3.05) is 0 Å². The Hall–Kier alpha value is -1.35. The summed E-state index contributed by atoms with van der Waals surface area (Å²) in [4.78, 5) is 9.79. The summed E-state index contributed by atoms with van der Waals surface area (Å²) in [5.74, 6) is 0. The molecule has 0 N–H and O–H groups in total. The minimum Gasteiger partial charge on any atom is -0.258 e. The van der Waals surface area contributed by atoms with Gasteiger partial charge in [0, 0.05) is 12.1 Å². The first-order valence-electron chi connectivity index (χ1n) is 3.21. The molecule has 0 bridgehead atoms. The van der Waals surface area contributed by atoms with E-state index in [1.807, 2.05) is 0 Å². The molecule has 0 aliphatic heterocycles. The summed E-state index contributed by atoms with van der Waals surface area (Å²) < 4.78 is 0. The van der Waals surface area contributed by atoms with Gasteiger partial charge in [-0.3, -0.25) is 10.1 Å². The van der Waals surface area contributed by atoms with Gasteiger partial charge in [0.1, 0.15) is 0 Å². The molecule has 1 aromatic rings. The van der Waals surface area contributed by atoms with E-state index in [0.717, 1.165) is 0 Å². The van der Waals surface area contributed by atoms with Crippen molar-refractivity contribution in [3.8, 4) is 0 Å². The largest absolute Gasteiger partial charge is 0.270 e. The topological polar surface area (TPSA) is 43.1 Å². The van der Waals surface area contributed by atoms with Gasteiger partial charge in [-0.05, 0) is 11.6 Å². The second kappa shape index (κ2) is 3.36. The molecule has 0 aliphatic rings. The van der Waals surface area contributed by atoms with Gasteiger partial charge >= 0.3 is 0 Å². The lowest BCUT2D eigenvalue weighted by molar-refractivity contribution is -0.384. The first kappa shape index (κ1) is 8.74. The highest BCUT2D eigenvalue weighted by atomic mass is 35.5. The molecule has 0 aliphatic carbocycles. The quantitative estimate of drug-likeness (QED) is 0.523. The molecule has 0 aromatic heterocycles. The van der Waals surface area contributed by atoms with E-state index in [2.05, 4.69) is 6.58 Å². The highest BCUT2D eigenvalue weighted by Gasteiger charge is 2.06. The average Bonchev–Trinajstić information content (AvgIpc) is 2.04. The molecule has 0 unspecified atom stereocenters. The van der Waals surface area contributed by atoms with Gasteiger partial charge in [0.15, 0.2) is 0 Å². The van der Waals surface area contributed by atoms with E-state index in [1.165, 1.54) is 12.1 Å². The fourth-order valence-electron chi connectivity index (χ4n) is 0.795. The summed E-state index contributed by atoms with van der Waals surface area (Å²) in [5.41, 5.74) is 0.688. The third-order valence-electron chi connectivity index (χ3n) is 1.41. The fraction of sp³-hybridized carbons (Fsp3) is 0. The molecule has 1 rings (SSSR count). The van der Waals surface area contributed by atoms with Gasteiger partial charge in [0.05, 0.1) is 9.95 Å². The number of nitro groups is 1. The number of rotatable bonds is 2. The Kier molecular flexibility index (Phi) is 2.45. The van der Waals surface area contributed by atoms with Gasteiger partial charge in [-0.25, -0.2) is 0 Å². The van der Waals surface area contributed by atoms with Crippen molar-refractivity contribution in [3.05, 3.63) is 45.5 Å². The van der Waals surface area contributed by atoms with Gasteiger partial charge in [-0.1, -0.05) is 24.3 Å². The average molecular weight is 184 g/mol. The van der Waals surface area contributed by atoms with E-state index in [-0.39, 0.29) is 5.69 Å². The predicted octanol–water partition coefficient (Wildman–Crippen LogP) is 2.89. The Morgan fingerprint density at radius 3 is 2.67 bits per heavy atom. The molecule has 0 radical (unpaired) electrons. The Balaban J connectivity index is 3.18. The van der Waals surface area contributed by atoms with Crippen molar-refractivity contribution in [1.82, 2.24) is 0 Å². The van der Waals surface area contributed by atoms with Gasteiger partial charge in [0.25, 0.3) is 5.69 Å². The molecule has 1 aromatic carbocycles. The van der Waals surface area contributed by atoms with Crippen LogP contribution in [0.5, 0.6) is 0 Å². The molecule has 12 heavy (non-hydrogen) atoms. The number of hydrogen-bond donors (Lipinski definition) is 0. The Morgan fingerprint density at radius 1 is 1.58 bits per heavy atom. The molecule has 0 saturated heterocycles. The standard InChI is InChI=1S/C8H6ClNO2/c1-2-6-3-4-7(10(11)12)5-8(6)9/h2-5H,1H2. The van der Waals surface area contributed by atoms with Crippen molar-refractivity contribution < 1.29 is 4.92 Å². The molecule has 3 nitrogen and oxygen atoms in total. The van der Waals surface area contributed by atoms with Crippen molar-refractivity contribution in [2.45, 2.75) is 0 Å². The maximum Gasteiger partial charge on any atom is 0.270 e. The molecule has 0 fully saturated rings. The fourth-order valence-corrected chi connectivity index (χ4v) is 1.05. The van der Waals surface area contributed by atoms with Crippen LogP contribution in [0.25, 0.3) is 6.08 Å². The number of nitro benzene ring substituents is 1. The van der Waals surface area contributed by atoms with Gasteiger partial charge in [-0.2, -0.15) is 0 Å². The van der Waals surface area contributed by atoms with E-state index in [4.69, 9.17) is 11.6 Å². The monoisotopic (exact) mass is 183 g/mol. The van der Waals surface area contributed by atoms with Crippen LogP contribution in [-0.4, -0.2) is 4.92 Å². The molecule has 0 spiro atoms. The SMILES string of the molecule is C=Cc1ccc([N+](=O)[O-])cc1Cl. The number of non-ortho nitro benzene ring substituents is 1. The minimum absolute atomic E-state index is 0.00870. The third-order valence-corrected chi connectivity index (χ3v) is 1.74. The molecule has 0 amide bonds. The molecule has 62 valence electrons. The van der Waals surface area contributed by atoms with Crippen LogP contribution in [0, 0.1) is 10.1 Å². The zero-order valence-corrected chi connectivity index (χ0v) is 6.91. The summed E-state index contributed by atoms with van der Waals surface area (Å²) in [6.07, 6.45) is 1.55. The van der Waals surface area contributed by atoms with E-state index in [1.54, 1.807) is 12.1 Å². The molecular weight excluding hydrogens is 178 g/mol. The first-order valence-corrected chi connectivity index (χ1v) is 3.59. The molecule has 0 atom stereocenters. The molecular formula is C8H6ClNO2. The third kappa shape index (κ3) is 1.62. The van der Waals surface area contributed by atoms with Crippen LogP contribution in [0.15, 0.2) is 24.8 Å². The summed E-state index contributed by atoms with van der Waals surface area (Å²) in [6.45, 7) is 3.51. The van der Waals surface area contributed by atoms with E-state index >= 15 is 0 Å². The molecule has 0 heterocycles. The summed E-state index contributed by atoms with van der Waals surface area (Å²) in [5, 5.41) is 10.6. The smallest absolute Gasteiger partial charge is 0.258 e. The van der Waals surface area contributed by atoms with Crippen LogP contribution in [0.2, 0.25) is 5.02 Å². The highest BCUT2D eigenvalue weighted by molar-refractivity contribution is 6.32. The summed E-state index contributed by atoms with van der Waals surface area (Å²) in [6, 6.07) is 4.26. The number of nitrogens with zero attached hydrogens (tertiary/aromatic N) is 1. The zero-order chi connectivity index (χ0) is 9.14. The molecule has 0 saturated carbocycles. The lowest BCUT2D eigenvalue weighted by Crippen LogP contribution is -1.87. The lowest BCUT2D eigenvalue weighted by atomic mass is 10.2. The number of hydrogen-bond acceptors (Lipinski definition) is 2. The van der Waals surface area contributed by atoms with Crippen molar-refractivity contribution in [2.24, 2.45) is 0 Å². The second-order valence-electron chi connectivity index (χ2n) is 2.17. The normalized spacial score (nSPS) is 9.42. The summed E-state index contributed by atoms with van der Waals surface area (Å²) in [7, 11) is 0. The van der Waals surface area contributed by atoms with Crippen LogP contribution in [-0.2, 0) is 0 Å². The van der Waals surface area contributed by atoms with Crippen molar-refractivity contribution in [1.29, 1.82) is 0 Å². The van der Waals surface area contributed by atoms with Crippen LogP contribution in [0.1, 0.15) is 5.56 Å². The van der Waals surface area contributed by atoms with Gasteiger partial charge in [0.2, 0.25) is 0 Å². The second-order valence-corrected chi connectivity index (χ2v) is 2.57. The van der Waals surface area contributed by atoms with Crippen LogP contribution >= 0.6 is 11.6 Å². The molecule has 4 heteroatoms. The predicted molar refractivity (Wildman–Crippen MR) is 48.2 cm³/mol. The Morgan fingerprint density at radius 2 is 2.25 bits per heavy atom.